The van der Waals surface area contributed by atoms with E-state index in [1.54, 1.807) is 0 Å². The molecule has 5 heteroatoms. The molecule has 0 aromatic carbocycles. The lowest BCUT2D eigenvalue weighted by Gasteiger charge is -2.30. The highest BCUT2D eigenvalue weighted by Gasteiger charge is 2.27. The highest BCUT2D eigenvalue weighted by molar-refractivity contribution is 6.27. The zero-order chi connectivity index (χ0) is 9.84. The second-order valence-electron chi connectivity index (χ2n) is 3.15. The Morgan fingerprint density at radius 3 is 2.77 bits per heavy atom. The molecule has 1 saturated heterocycles. The third-order valence-corrected chi connectivity index (χ3v) is 2.47. The van der Waals surface area contributed by atoms with E-state index in [0.29, 0.717) is 19.5 Å². The van der Waals surface area contributed by atoms with E-state index in [9.17, 15) is 9.59 Å². The van der Waals surface area contributed by atoms with E-state index in [4.69, 9.17) is 16.7 Å². The SMILES string of the molecule is O=C(O)C1CCCN(C(=O)CCl)C1. The first-order valence-corrected chi connectivity index (χ1v) is 4.75. The topological polar surface area (TPSA) is 57.6 Å². The second-order valence-corrected chi connectivity index (χ2v) is 3.42. The van der Waals surface area contributed by atoms with Crippen LogP contribution in [0.1, 0.15) is 12.8 Å². The maximum Gasteiger partial charge on any atom is 0.308 e. The molecule has 0 radical (unpaired) electrons. The van der Waals surface area contributed by atoms with Crippen molar-refractivity contribution in [3.8, 4) is 0 Å². The van der Waals surface area contributed by atoms with Gasteiger partial charge in [0.15, 0.2) is 0 Å². The number of hydrogen-bond donors (Lipinski definition) is 1. The van der Waals surface area contributed by atoms with Gasteiger partial charge in [0.25, 0.3) is 0 Å². The van der Waals surface area contributed by atoms with E-state index < -0.39 is 11.9 Å². The average molecular weight is 206 g/mol. The van der Waals surface area contributed by atoms with Gasteiger partial charge in [0.1, 0.15) is 5.88 Å². The fraction of sp³-hybridized carbons (Fsp3) is 0.750. The van der Waals surface area contributed by atoms with Gasteiger partial charge in [-0.05, 0) is 12.8 Å². The molecule has 1 aliphatic rings. The number of hydrogen-bond acceptors (Lipinski definition) is 2. The van der Waals surface area contributed by atoms with Crippen LogP contribution < -0.4 is 0 Å². The minimum atomic E-state index is -0.827. The first kappa shape index (κ1) is 10.3. The van der Waals surface area contributed by atoms with E-state index in [1.807, 2.05) is 0 Å². The van der Waals surface area contributed by atoms with Crippen LogP contribution >= 0.6 is 11.6 Å². The molecule has 1 aliphatic heterocycles. The van der Waals surface area contributed by atoms with Crippen molar-refractivity contribution >= 4 is 23.5 Å². The predicted octanol–water partition coefficient (Wildman–Crippen LogP) is 0.548. The fourth-order valence-corrected chi connectivity index (χ4v) is 1.66. The van der Waals surface area contributed by atoms with Gasteiger partial charge in [-0.15, -0.1) is 11.6 Å². The Labute approximate surface area is 81.5 Å². The summed E-state index contributed by atoms with van der Waals surface area (Å²) in [5.74, 6) is -1.48. The summed E-state index contributed by atoms with van der Waals surface area (Å²) in [4.78, 5) is 23.3. The Morgan fingerprint density at radius 1 is 1.54 bits per heavy atom. The summed E-state index contributed by atoms with van der Waals surface area (Å²) in [5.41, 5.74) is 0. The highest BCUT2D eigenvalue weighted by atomic mass is 35.5. The number of nitrogens with zero attached hydrogens (tertiary/aromatic N) is 1. The Bertz CT molecular complexity index is 219. The van der Waals surface area contributed by atoms with E-state index in [0.717, 1.165) is 6.42 Å². The van der Waals surface area contributed by atoms with Crippen LogP contribution in [0.4, 0.5) is 0 Å². The van der Waals surface area contributed by atoms with Crippen LogP contribution in [0.15, 0.2) is 0 Å². The normalized spacial score (nSPS) is 22.8. The molecule has 0 aromatic heterocycles. The second kappa shape index (κ2) is 4.46. The molecule has 0 aromatic rings. The molecular weight excluding hydrogens is 194 g/mol. The Hall–Kier alpha value is -0.770. The zero-order valence-corrected chi connectivity index (χ0v) is 7.96. The Kier molecular flexibility index (Phi) is 3.54. The van der Waals surface area contributed by atoms with Crippen molar-refractivity contribution in [1.29, 1.82) is 0 Å². The summed E-state index contributed by atoms with van der Waals surface area (Å²) in [6.07, 6.45) is 1.40. The molecule has 1 heterocycles. The minimum Gasteiger partial charge on any atom is -0.481 e. The van der Waals surface area contributed by atoms with Crippen molar-refractivity contribution in [2.24, 2.45) is 5.92 Å². The van der Waals surface area contributed by atoms with Crippen LogP contribution in [0.3, 0.4) is 0 Å². The lowest BCUT2D eigenvalue weighted by atomic mass is 9.98. The summed E-state index contributed by atoms with van der Waals surface area (Å²) in [7, 11) is 0. The van der Waals surface area contributed by atoms with Crippen molar-refractivity contribution in [3.63, 3.8) is 0 Å². The predicted molar refractivity (Wildman–Crippen MR) is 47.7 cm³/mol. The summed E-state index contributed by atoms with van der Waals surface area (Å²) in [6, 6.07) is 0. The molecule has 0 saturated carbocycles. The Morgan fingerprint density at radius 2 is 2.23 bits per heavy atom. The number of carbonyl (C=O) groups excluding carboxylic acids is 1. The van der Waals surface area contributed by atoms with E-state index >= 15 is 0 Å². The van der Waals surface area contributed by atoms with Gasteiger partial charge >= 0.3 is 5.97 Å². The number of likely N-dealkylation sites (tertiary alicyclic amines) is 1. The van der Waals surface area contributed by atoms with Crippen molar-refractivity contribution in [2.75, 3.05) is 19.0 Å². The molecule has 1 fully saturated rings. The maximum absolute atomic E-state index is 11.1. The highest BCUT2D eigenvalue weighted by Crippen LogP contribution is 2.16. The van der Waals surface area contributed by atoms with Crippen LogP contribution in [0, 0.1) is 5.92 Å². The van der Waals surface area contributed by atoms with Crippen LogP contribution in [0.2, 0.25) is 0 Å². The fourth-order valence-electron chi connectivity index (χ4n) is 1.49. The first-order valence-electron chi connectivity index (χ1n) is 4.21. The molecule has 1 amide bonds. The van der Waals surface area contributed by atoms with Crippen molar-refractivity contribution in [2.45, 2.75) is 12.8 Å². The van der Waals surface area contributed by atoms with E-state index in [2.05, 4.69) is 0 Å². The van der Waals surface area contributed by atoms with Gasteiger partial charge in [-0.1, -0.05) is 0 Å². The Balaban J connectivity index is 2.51. The summed E-state index contributed by atoms with van der Waals surface area (Å²) < 4.78 is 0. The molecule has 1 rings (SSSR count). The molecule has 4 nitrogen and oxygen atoms in total. The van der Waals surface area contributed by atoms with Crippen molar-refractivity contribution in [3.05, 3.63) is 0 Å². The number of halogens is 1. The third kappa shape index (κ3) is 2.59. The maximum atomic E-state index is 11.1. The average Bonchev–Trinajstić information content (AvgIpc) is 2.17. The molecular formula is C8H12ClNO3. The lowest BCUT2D eigenvalue weighted by Crippen LogP contribution is -2.42. The monoisotopic (exact) mass is 205 g/mol. The lowest BCUT2D eigenvalue weighted by molar-refractivity contribution is -0.145. The van der Waals surface area contributed by atoms with E-state index in [-0.39, 0.29) is 11.8 Å². The quantitative estimate of drug-likeness (QED) is 0.670. The molecule has 0 aliphatic carbocycles. The van der Waals surface area contributed by atoms with Crippen LogP contribution in [-0.4, -0.2) is 40.9 Å². The summed E-state index contributed by atoms with van der Waals surface area (Å²) in [6.45, 7) is 0.941. The molecule has 0 spiro atoms. The van der Waals surface area contributed by atoms with Gasteiger partial charge in [0, 0.05) is 13.1 Å². The number of amides is 1. The molecule has 74 valence electrons. The molecule has 1 unspecified atom stereocenters. The summed E-state index contributed by atoms with van der Waals surface area (Å²) >= 11 is 5.37. The van der Waals surface area contributed by atoms with Gasteiger partial charge in [-0.3, -0.25) is 9.59 Å². The van der Waals surface area contributed by atoms with Crippen molar-refractivity contribution in [1.82, 2.24) is 4.90 Å². The molecule has 1 N–H and O–H groups in total. The minimum absolute atomic E-state index is 0.0632. The number of rotatable bonds is 2. The van der Waals surface area contributed by atoms with Gasteiger partial charge in [-0.25, -0.2) is 0 Å². The van der Waals surface area contributed by atoms with E-state index in [1.165, 1.54) is 4.90 Å². The van der Waals surface area contributed by atoms with Gasteiger partial charge in [0.05, 0.1) is 5.92 Å². The largest absolute Gasteiger partial charge is 0.481 e. The van der Waals surface area contributed by atoms with Crippen LogP contribution in [-0.2, 0) is 9.59 Å². The number of carboxylic acids is 1. The molecule has 1 atom stereocenters. The number of carboxylic acid groups (broad SMARTS) is 1. The first-order chi connectivity index (χ1) is 6.15. The zero-order valence-electron chi connectivity index (χ0n) is 7.20. The number of aliphatic carboxylic acids is 1. The van der Waals surface area contributed by atoms with Gasteiger partial charge in [0.2, 0.25) is 5.91 Å². The van der Waals surface area contributed by atoms with Gasteiger partial charge in [-0.2, -0.15) is 0 Å². The molecule has 13 heavy (non-hydrogen) atoms. The van der Waals surface area contributed by atoms with Crippen LogP contribution in [0.25, 0.3) is 0 Å². The smallest absolute Gasteiger partial charge is 0.308 e. The standard InChI is InChI=1S/C8H12ClNO3/c9-4-7(11)10-3-1-2-6(5-10)8(12)13/h6H,1-5H2,(H,12,13). The number of carbonyl (C=O) groups is 2. The summed E-state index contributed by atoms with van der Waals surface area (Å²) in [5, 5.41) is 8.74. The van der Waals surface area contributed by atoms with Crippen LogP contribution in [0.5, 0.6) is 0 Å². The third-order valence-electron chi connectivity index (χ3n) is 2.24. The number of piperidine rings is 1. The molecule has 0 bridgehead atoms. The number of alkyl halides is 1. The van der Waals surface area contributed by atoms with Gasteiger partial charge < -0.3 is 10.0 Å². The van der Waals surface area contributed by atoms with Crippen molar-refractivity contribution < 1.29 is 14.7 Å².